The fraction of sp³-hybridized carbons (Fsp3) is 0.100. The first kappa shape index (κ1) is 18.9. The summed E-state index contributed by atoms with van der Waals surface area (Å²) < 4.78 is 2.55. The van der Waals surface area contributed by atoms with E-state index in [0.717, 1.165) is 22.0 Å². The molecule has 3 aromatic heterocycles. The Morgan fingerprint density at radius 2 is 2.14 bits per heavy atom. The van der Waals surface area contributed by atoms with Crippen LogP contribution < -0.4 is 11.1 Å². The number of aromatic nitrogens is 4. The van der Waals surface area contributed by atoms with E-state index in [1.807, 2.05) is 34.9 Å². The zero-order valence-corrected chi connectivity index (χ0v) is 16.8. The maximum atomic E-state index is 11.1. The zero-order chi connectivity index (χ0) is 20.5. The first-order valence-electron chi connectivity index (χ1n) is 8.75. The van der Waals surface area contributed by atoms with Gasteiger partial charge in [0.15, 0.2) is 0 Å². The van der Waals surface area contributed by atoms with E-state index in [0.29, 0.717) is 21.5 Å². The molecule has 0 aliphatic heterocycles. The number of pyridine rings is 1. The minimum absolute atomic E-state index is 0.282. The van der Waals surface area contributed by atoms with Crippen molar-refractivity contribution in [1.29, 1.82) is 0 Å². The van der Waals surface area contributed by atoms with Gasteiger partial charge in [0.25, 0.3) is 0 Å². The van der Waals surface area contributed by atoms with Crippen LogP contribution in [0.15, 0.2) is 60.1 Å². The summed E-state index contributed by atoms with van der Waals surface area (Å²) in [6.07, 6.45) is 3.57. The number of carboxylic acid groups (broad SMARTS) is 1. The van der Waals surface area contributed by atoms with Crippen molar-refractivity contribution in [2.75, 3.05) is 5.73 Å². The average molecular weight is 453 g/mol. The van der Waals surface area contributed by atoms with Crippen LogP contribution >= 0.6 is 15.9 Å². The van der Waals surface area contributed by atoms with Crippen LogP contribution in [0, 0.1) is 0 Å². The number of anilines is 1. The highest BCUT2D eigenvalue weighted by Crippen LogP contribution is 2.40. The Hall–Kier alpha value is -3.46. The van der Waals surface area contributed by atoms with Gasteiger partial charge < -0.3 is 20.7 Å². The number of halogens is 1. The lowest BCUT2D eigenvalue weighted by atomic mass is 10.1. The molecular formula is C20H17BrN6O2. The molecule has 0 aliphatic rings. The van der Waals surface area contributed by atoms with Crippen molar-refractivity contribution >= 4 is 49.8 Å². The number of rotatable bonds is 5. The van der Waals surface area contributed by atoms with Gasteiger partial charge in [0.05, 0.1) is 21.5 Å². The van der Waals surface area contributed by atoms with E-state index in [1.165, 1.54) is 12.4 Å². The molecular weight excluding hydrogens is 436 g/mol. The van der Waals surface area contributed by atoms with E-state index in [2.05, 4.69) is 42.8 Å². The first-order chi connectivity index (χ1) is 14.0. The molecule has 4 rings (SSSR count). The number of nitrogen functional groups attached to an aromatic ring is 1. The number of fused-ring (bicyclic) bond motifs is 2. The normalized spacial score (nSPS) is 12.2. The Bertz CT molecular complexity index is 1250. The number of hydrogen-bond donors (Lipinski definition) is 3. The quantitative estimate of drug-likeness (QED) is 0.396. The van der Waals surface area contributed by atoms with Crippen molar-refractivity contribution < 1.29 is 9.90 Å². The van der Waals surface area contributed by atoms with Crippen LogP contribution in [0.5, 0.6) is 0 Å². The molecule has 3 heterocycles. The van der Waals surface area contributed by atoms with E-state index in [4.69, 9.17) is 10.8 Å². The molecule has 1 aromatic carbocycles. The molecule has 0 spiro atoms. The third-order valence-corrected chi connectivity index (χ3v) is 5.48. The van der Waals surface area contributed by atoms with Gasteiger partial charge in [-0.1, -0.05) is 24.3 Å². The second-order valence-electron chi connectivity index (χ2n) is 6.44. The summed E-state index contributed by atoms with van der Waals surface area (Å²) >= 11 is 3.66. The molecule has 4 N–H and O–H groups in total. The lowest BCUT2D eigenvalue weighted by molar-refractivity contribution is 0.191. The van der Waals surface area contributed by atoms with Crippen LogP contribution in [0.3, 0.4) is 0 Å². The van der Waals surface area contributed by atoms with E-state index in [-0.39, 0.29) is 6.54 Å². The summed E-state index contributed by atoms with van der Waals surface area (Å²) in [5.74, 6) is 0.332. The second-order valence-corrected chi connectivity index (χ2v) is 7.19. The number of carbonyl (C=O) groups is 1. The van der Waals surface area contributed by atoms with Gasteiger partial charge in [-0.3, -0.25) is 4.98 Å². The van der Waals surface area contributed by atoms with Crippen LogP contribution in [0.2, 0.25) is 0 Å². The maximum absolute atomic E-state index is 11.1. The highest BCUT2D eigenvalue weighted by molar-refractivity contribution is 9.10. The molecule has 146 valence electrons. The standard InChI is InChI=1S/C20H17BrN6O2/c1-2-13(26-20(28)29)9-27-17(21)15(16-18(22)24-10-25-19(16)27)12-7-11-5-3-4-6-14(11)23-8-12/h2-8,10,13,26H,1,9H2,(H,28,29)(H2,22,24,25). The van der Waals surface area contributed by atoms with Gasteiger partial charge in [0, 0.05) is 29.3 Å². The fourth-order valence-corrected chi connectivity index (χ4v) is 4.08. The van der Waals surface area contributed by atoms with Gasteiger partial charge in [-0.2, -0.15) is 0 Å². The fourth-order valence-electron chi connectivity index (χ4n) is 3.34. The molecule has 1 unspecified atom stereocenters. The lowest BCUT2D eigenvalue weighted by Crippen LogP contribution is -2.35. The first-order valence-corrected chi connectivity index (χ1v) is 9.54. The summed E-state index contributed by atoms with van der Waals surface area (Å²) in [5.41, 5.74) is 9.32. The number of nitrogens with two attached hydrogens (primary N) is 1. The highest BCUT2D eigenvalue weighted by Gasteiger charge is 2.23. The molecule has 1 atom stereocenters. The maximum Gasteiger partial charge on any atom is 0.405 e. The Balaban J connectivity index is 1.93. The molecule has 1 amide bonds. The summed E-state index contributed by atoms with van der Waals surface area (Å²) in [7, 11) is 0. The Kier molecular flexibility index (Phi) is 4.89. The van der Waals surface area contributed by atoms with Crippen molar-refractivity contribution in [3.63, 3.8) is 0 Å². The summed E-state index contributed by atoms with van der Waals surface area (Å²) in [5, 5.41) is 13.2. The Morgan fingerprint density at radius 1 is 1.34 bits per heavy atom. The van der Waals surface area contributed by atoms with Gasteiger partial charge in [0.1, 0.15) is 17.8 Å². The Labute approximate surface area is 174 Å². The molecule has 0 saturated carbocycles. The zero-order valence-electron chi connectivity index (χ0n) is 15.2. The van der Waals surface area contributed by atoms with E-state index >= 15 is 0 Å². The number of hydrogen-bond acceptors (Lipinski definition) is 5. The third kappa shape index (κ3) is 3.40. The smallest absolute Gasteiger partial charge is 0.405 e. The van der Waals surface area contributed by atoms with Gasteiger partial charge >= 0.3 is 6.09 Å². The van der Waals surface area contributed by atoms with Crippen molar-refractivity contribution in [2.45, 2.75) is 12.6 Å². The number of nitrogens with one attached hydrogen (secondary N) is 1. The number of benzene rings is 1. The molecule has 0 fully saturated rings. The average Bonchev–Trinajstić information content (AvgIpc) is 2.99. The summed E-state index contributed by atoms with van der Waals surface area (Å²) in [4.78, 5) is 24.2. The number of amides is 1. The molecule has 8 nitrogen and oxygen atoms in total. The molecule has 0 radical (unpaired) electrons. The summed E-state index contributed by atoms with van der Waals surface area (Å²) in [6.45, 7) is 4.00. The van der Waals surface area contributed by atoms with Crippen LogP contribution in [0.4, 0.5) is 10.6 Å². The molecule has 0 aliphatic carbocycles. The van der Waals surface area contributed by atoms with E-state index in [1.54, 1.807) is 6.20 Å². The van der Waals surface area contributed by atoms with Gasteiger partial charge in [-0.15, -0.1) is 6.58 Å². The minimum atomic E-state index is -1.13. The van der Waals surface area contributed by atoms with Crippen LogP contribution in [0.25, 0.3) is 33.1 Å². The summed E-state index contributed by atoms with van der Waals surface area (Å²) in [6, 6.07) is 9.34. The van der Waals surface area contributed by atoms with Crippen LogP contribution in [0.1, 0.15) is 0 Å². The number of nitrogens with zero attached hydrogens (tertiary/aromatic N) is 4. The predicted octanol–water partition coefficient (Wildman–Crippen LogP) is 3.81. The monoisotopic (exact) mass is 452 g/mol. The van der Waals surface area contributed by atoms with Gasteiger partial charge in [-0.05, 0) is 28.1 Å². The SMILES string of the molecule is C=CC(Cn1c(Br)c(-c2cnc3ccccc3c2)c2c(N)ncnc21)NC(=O)O. The second kappa shape index (κ2) is 7.51. The molecule has 0 saturated heterocycles. The minimum Gasteiger partial charge on any atom is -0.465 e. The van der Waals surface area contributed by atoms with E-state index < -0.39 is 12.1 Å². The van der Waals surface area contributed by atoms with Crippen molar-refractivity contribution in [3.8, 4) is 11.1 Å². The molecule has 29 heavy (non-hydrogen) atoms. The topological polar surface area (TPSA) is 119 Å². The van der Waals surface area contributed by atoms with Crippen molar-refractivity contribution in [2.24, 2.45) is 0 Å². The van der Waals surface area contributed by atoms with Gasteiger partial charge in [0.2, 0.25) is 0 Å². The van der Waals surface area contributed by atoms with Crippen LogP contribution in [-0.4, -0.2) is 36.8 Å². The third-order valence-electron chi connectivity index (χ3n) is 4.66. The predicted molar refractivity (Wildman–Crippen MR) is 116 cm³/mol. The van der Waals surface area contributed by atoms with Gasteiger partial charge in [-0.25, -0.2) is 14.8 Å². The van der Waals surface area contributed by atoms with Crippen LogP contribution in [-0.2, 0) is 6.54 Å². The van der Waals surface area contributed by atoms with E-state index in [9.17, 15) is 4.79 Å². The number of para-hydroxylation sites is 1. The molecule has 0 bridgehead atoms. The Morgan fingerprint density at radius 3 is 2.90 bits per heavy atom. The molecule has 4 aromatic rings. The molecule has 9 heteroatoms. The van der Waals surface area contributed by atoms with Crippen molar-refractivity contribution in [1.82, 2.24) is 24.8 Å². The highest BCUT2D eigenvalue weighted by atomic mass is 79.9. The lowest BCUT2D eigenvalue weighted by Gasteiger charge is -2.15. The van der Waals surface area contributed by atoms with Crippen molar-refractivity contribution in [3.05, 3.63) is 60.1 Å². The largest absolute Gasteiger partial charge is 0.465 e.